The van der Waals surface area contributed by atoms with Crippen LogP contribution in [0, 0.1) is 0 Å². The first-order valence-electron chi connectivity index (χ1n) is 2.27. The van der Waals surface area contributed by atoms with Gasteiger partial charge < -0.3 is 14.6 Å². The van der Waals surface area contributed by atoms with Crippen molar-refractivity contribution < 1.29 is 14.6 Å². The number of aliphatic hydroxyl groups is 1. The van der Waals surface area contributed by atoms with E-state index in [1.165, 1.54) is 0 Å². The standard InChI is InChI=1S/C4H8O3/c5-3-4-6-1-2-7-4/h4-5H,1-3H2. The van der Waals surface area contributed by atoms with E-state index in [9.17, 15) is 0 Å². The normalized spacial score (nSPS) is 23.6. The molecule has 1 heterocycles. The maximum absolute atomic E-state index is 8.32. The molecule has 0 aromatic carbocycles. The lowest BCUT2D eigenvalue weighted by molar-refractivity contribution is -0.0747. The zero-order chi connectivity index (χ0) is 5.11. The van der Waals surface area contributed by atoms with E-state index in [2.05, 4.69) is 0 Å². The van der Waals surface area contributed by atoms with Crippen molar-refractivity contribution in [1.29, 1.82) is 0 Å². The molecule has 0 aromatic rings. The molecule has 0 aromatic heterocycles. The summed E-state index contributed by atoms with van der Waals surface area (Å²) in [6.07, 6.45) is -0.347. The molecule has 0 radical (unpaired) electrons. The number of hydrogen-bond donors (Lipinski definition) is 1. The first kappa shape index (κ1) is 5.03. The van der Waals surface area contributed by atoms with Crippen LogP contribution in [0.2, 0.25) is 0 Å². The van der Waals surface area contributed by atoms with Gasteiger partial charge in [-0.1, -0.05) is 0 Å². The molecule has 1 rings (SSSR count). The quantitative estimate of drug-likeness (QED) is 0.480. The second kappa shape index (κ2) is 2.26. The second-order valence-electron chi connectivity index (χ2n) is 1.35. The third kappa shape index (κ3) is 1.12. The fourth-order valence-electron chi connectivity index (χ4n) is 0.513. The highest BCUT2D eigenvalue weighted by atomic mass is 16.7. The van der Waals surface area contributed by atoms with Crippen molar-refractivity contribution in [3.05, 3.63) is 0 Å². The van der Waals surface area contributed by atoms with Crippen LogP contribution in [0.25, 0.3) is 0 Å². The zero-order valence-electron chi connectivity index (χ0n) is 3.96. The summed E-state index contributed by atoms with van der Waals surface area (Å²) >= 11 is 0. The van der Waals surface area contributed by atoms with Crippen molar-refractivity contribution in [2.75, 3.05) is 19.8 Å². The van der Waals surface area contributed by atoms with E-state index in [1.54, 1.807) is 0 Å². The fraction of sp³-hybridized carbons (Fsp3) is 1.00. The van der Waals surface area contributed by atoms with Crippen LogP contribution in [0.5, 0.6) is 0 Å². The topological polar surface area (TPSA) is 38.7 Å². The van der Waals surface area contributed by atoms with Crippen LogP contribution in [0.15, 0.2) is 0 Å². The highest BCUT2D eigenvalue weighted by molar-refractivity contribution is 4.46. The minimum Gasteiger partial charge on any atom is -0.391 e. The van der Waals surface area contributed by atoms with Gasteiger partial charge in [-0.2, -0.15) is 0 Å². The molecule has 1 fully saturated rings. The summed E-state index contributed by atoms with van der Waals surface area (Å²) in [5, 5.41) is 8.32. The molecule has 1 saturated heterocycles. The van der Waals surface area contributed by atoms with E-state index in [4.69, 9.17) is 14.6 Å². The molecule has 0 bridgehead atoms. The Morgan fingerprint density at radius 2 is 2.00 bits per heavy atom. The third-order valence-corrected chi connectivity index (χ3v) is 0.840. The summed E-state index contributed by atoms with van der Waals surface area (Å²) in [5.74, 6) is 0. The third-order valence-electron chi connectivity index (χ3n) is 0.840. The second-order valence-corrected chi connectivity index (χ2v) is 1.35. The molecule has 1 aliphatic heterocycles. The average Bonchev–Trinajstić information content (AvgIpc) is 2.14. The summed E-state index contributed by atoms with van der Waals surface area (Å²) in [5.41, 5.74) is 0. The molecule has 0 unspecified atom stereocenters. The summed E-state index contributed by atoms with van der Waals surface area (Å²) < 4.78 is 9.66. The van der Waals surface area contributed by atoms with Crippen molar-refractivity contribution in [2.24, 2.45) is 0 Å². The molecule has 0 saturated carbocycles. The molecule has 0 atom stereocenters. The number of hydrogen-bond acceptors (Lipinski definition) is 3. The van der Waals surface area contributed by atoms with E-state index in [0.29, 0.717) is 13.2 Å². The SMILES string of the molecule is OCC1OCCO1. The monoisotopic (exact) mass is 104 g/mol. The van der Waals surface area contributed by atoms with Gasteiger partial charge in [-0.15, -0.1) is 0 Å². The lowest BCUT2D eigenvalue weighted by Crippen LogP contribution is -2.11. The van der Waals surface area contributed by atoms with Crippen LogP contribution in [-0.4, -0.2) is 31.2 Å². The highest BCUT2D eigenvalue weighted by Gasteiger charge is 2.12. The maximum Gasteiger partial charge on any atom is 0.180 e. The minimum atomic E-state index is -0.347. The molecule has 1 aliphatic rings. The number of aliphatic hydroxyl groups excluding tert-OH is 1. The molecule has 1 N–H and O–H groups in total. The number of ether oxygens (including phenoxy) is 2. The van der Waals surface area contributed by atoms with Crippen molar-refractivity contribution in [1.82, 2.24) is 0 Å². The molecule has 7 heavy (non-hydrogen) atoms. The van der Waals surface area contributed by atoms with Crippen molar-refractivity contribution in [3.63, 3.8) is 0 Å². The summed E-state index contributed by atoms with van der Waals surface area (Å²) in [7, 11) is 0. The van der Waals surface area contributed by atoms with Gasteiger partial charge in [0.2, 0.25) is 0 Å². The summed E-state index contributed by atoms with van der Waals surface area (Å²) in [6, 6.07) is 0. The van der Waals surface area contributed by atoms with Crippen LogP contribution in [-0.2, 0) is 9.47 Å². The van der Waals surface area contributed by atoms with E-state index in [0.717, 1.165) is 0 Å². The molecular formula is C4H8O3. The van der Waals surface area contributed by atoms with Crippen LogP contribution < -0.4 is 0 Å². The van der Waals surface area contributed by atoms with E-state index >= 15 is 0 Å². The Bertz CT molecular complexity index is 48.9. The molecule has 0 aliphatic carbocycles. The van der Waals surface area contributed by atoms with Crippen molar-refractivity contribution >= 4 is 0 Å². The van der Waals surface area contributed by atoms with Gasteiger partial charge in [-0.05, 0) is 0 Å². The van der Waals surface area contributed by atoms with Gasteiger partial charge in [-0.3, -0.25) is 0 Å². The van der Waals surface area contributed by atoms with Crippen molar-refractivity contribution in [2.45, 2.75) is 6.29 Å². The lowest BCUT2D eigenvalue weighted by atomic mass is 10.7. The molecule has 3 nitrogen and oxygen atoms in total. The van der Waals surface area contributed by atoms with Gasteiger partial charge in [0.1, 0.15) is 0 Å². The Labute approximate surface area is 41.8 Å². The number of rotatable bonds is 1. The summed E-state index contributed by atoms with van der Waals surface area (Å²) in [6.45, 7) is 1.20. The van der Waals surface area contributed by atoms with Crippen LogP contribution in [0.3, 0.4) is 0 Å². The molecular weight excluding hydrogens is 96.0 g/mol. The predicted octanol–water partition coefficient (Wildman–Crippen LogP) is -0.648. The van der Waals surface area contributed by atoms with Crippen LogP contribution >= 0.6 is 0 Å². The molecule has 0 spiro atoms. The average molecular weight is 104 g/mol. The highest BCUT2D eigenvalue weighted by Crippen LogP contribution is 2.00. The van der Waals surface area contributed by atoms with Crippen molar-refractivity contribution in [3.8, 4) is 0 Å². The Balaban J connectivity index is 2.14. The fourth-order valence-corrected chi connectivity index (χ4v) is 0.513. The van der Waals surface area contributed by atoms with Gasteiger partial charge in [0, 0.05) is 0 Å². The lowest BCUT2D eigenvalue weighted by Gasteiger charge is -2.00. The Morgan fingerprint density at radius 3 is 2.29 bits per heavy atom. The Hall–Kier alpha value is -0.120. The minimum absolute atomic E-state index is 0.0278. The van der Waals surface area contributed by atoms with Gasteiger partial charge in [0.15, 0.2) is 6.29 Å². The van der Waals surface area contributed by atoms with E-state index in [1.807, 2.05) is 0 Å². The first-order chi connectivity index (χ1) is 3.43. The maximum atomic E-state index is 8.32. The Morgan fingerprint density at radius 1 is 1.43 bits per heavy atom. The van der Waals surface area contributed by atoms with Gasteiger partial charge in [0.25, 0.3) is 0 Å². The van der Waals surface area contributed by atoms with E-state index in [-0.39, 0.29) is 12.9 Å². The van der Waals surface area contributed by atoms with Gasteiger partial charge in [0.05, 0.1) is 19.8 Å². The zero-order valence-corrected chi connectivity index (χ0v) is 3.96. The van der Waals surface area contributed by atoms with Crippen LogP contribution in [0.1, 0.15) is 0 Å². The van der Waals surface area contributed by atoms with E-state index < -0.39 is 0 Å². The summed E-state index contributed by atoms with van der Waals surface area (Å²) in [4.78, 5) is 0. The molecule has 42 valence electrons. The Kier molecular flexibility index (Phi) is 1.62. The van der Waals surface area contributed by atoms with Gasteiger partial charge in [-0.25, -0.2) is 0 Å². The molecule has 0 amide bonds. The van der Waals surface area contributed by atoms with Crippen LogP contribution in [0.4, 0.5) is 0 Å². The smallest absolute Gasteiger partial charge is 0.180 e. The largest absolute Gasteiger partial charge is 0.391 e. The first-order valence-corrected chi connectivity index (χ1v) is 2.27. The molecule has 3 heteroatoms. The van der Waals surface area contributed by atoms with Gasteiger partial charge >= 0.3 is 0 Å². The predicted molar refractivity (Wildman–Crippen MR) is 22.8 cm³/mol.